The summed E-state index contributed by atoms with van der Waals surface area (Å²) in [6.45, 7) is 7.58. The maximum absolute atomic E-state index is 11.9. The molecule has 4 N–H and O–H groups in total. The van der Waals surface area contributed by atoms with Crippen molar-refractivity contribution in [3.63, 3.8) is 0 Å². The van der Waals surface area contributed by atoms with E-state index in [9.17, 15) is 4.79 Å². The molecule has 1 fully saturated rings. The molecular formula is C12H25N5O2. The maximum atomic E-state index is 11.9. The standard InChI is InChI=1S/C12H25N5O2/c1-3-17(4-2)12(18)14-10-5-7-16(8-6-10)9-11(13)15-19/h10,19H,3-9H2,1-2H3,(H2,13,15)(H,14,18). The molecule has 1 aliphatic rings. The maximum Gasteiger partial charge on any atom is 0.317 e. The molecule has 0 aromatic heterocycles. The monoisotopic (exact) mass is 271 g/mol. The second kappa shape index (κ2) is 7.83. The number of hydrogen-bond donors (Lipinski definition) is 3. The summed E-state index contributed by atoms with van der Waals surface area (Å²) in [7, 11) is 0. The van der Waals surface area contributed by atoms with Gasteiger partial charge in [-0.3, -0.25) is 4.90 Å². The molecule has 0 atom stereocenters. The third-order valence-electron chi connectivity index (χ3n) is 3.48. The lowest BCUT2D eigenvalue weighted by Crippen LogP contribution is -2.50. The highest BCUT2D eigenvalue weighted by Crippen LogP contribution is 2.10. The van der Waals surface area contributed by atoms with E-state index in [1.165, 1.54) is 0 Å². The van der Waals surface area contributed by atoms with Gasteiger partial charge in [0.15, 0.2) is 5.84 Å². The molecule has 19 heavy (non-hydrogen) atoms. The topological polar surface area (TPSA) is 94.2 Å². The second-order valence-electron chi connectivity index (χ2n) is 4.76. The van der Waals surface area contributed by atoms with E-state index >= 15 is 0 Å². The average molecular weight is 271 g/mol. The fraction of sp³-hybridized carbons (Fsp3) is 0.833. The van der Waals surface area contributed by atoms with E-state index in [1.54, 1.807) is 4.90 Å². The van der Waals surface area contributed by atoms with Crippen LogP contribution in [0, 0.1) is 0 Å². The van der Waals surface area contributed by atoms with Crippen molar-refractivity contribution < 1.29 is 10.0 Å². The molecule has 1 aliphatic heterocycles. The predicted molar refractivity (Wildman–Crippen MR) is 74.3 cm³/mol. The van der Waals surface area contributed by atoms with Crippen LogP contribution in [0.4, 0.5) is 4.79 Å². The molecule has 1 rings (SSSR count). The van der Waals surface area contributed by atoms with Crippen LogP contribution in [0.15, 0.2) is 5.16 Å². The summed E-state index contributed by atoms with van der Waals surface area (Å²) < 4.78 is 0. The highest BCUT2D eigenvalue weighted by Gasteiger charge is 2.22. The summed E-state index contributed by atoms with van der Waals surface area (Å²) in [5, 5.41) is 14.6. The summed E-state index contributed by atoms with van der Waals surface area (Å²) in [4.78, 5) is 15.8. The molecule has 1 heterocycles. The first-order valence-corrected chi connectivity index (χ1v) is 6.84. The zero-order valence-corrected chi connectivity index (χ0v) is 11.8. The van der Waals surface area contributed by atoms with Crippen LogP contribution >= 0.6 is 0 Å². The third kappa shape index (κ3) is 4.94. The Bertz CT molecular complexity index is 309. The van der Waals surface area contributed by atoms with Crippen molar-refractivity contribution in [3.05, 3.63) is 0 Å². The number of nitrogens with one attached hydrogen (secondary N) is 1. The van der Waals surface area contributed by atoms with Crippen molar-refractivity contribution in [3.8, 4) is 0 Å². The molecule has 0 radical (unpaired) electrons. The fourth-order valence-electron chi connectivity index (χ4n) is 2.27. The Hall–Kier alpha value is -1.50. The number of carbonyl (C=O) groups is 1. The van der Waals surface area contributed by atoms with Gasteiger partial charge in [-0.05, 0) is 26.7 Å². The minimum atomic E-state index is 0.0138. The minimum Gasteiger partial charge on any atom is -0.409 e. The first-order valence-electron chi connectivity index (χ1n) is 6.84. The molecule has 2 amide bonds. The van der Waals surface area contributed by atoms with Crippen molar-refractivity contribution in [2.45, 2.75) is 32.7 Å². The number of rotatable bonds is 5. The van der Waals surface area contributed by atoms with Crippen LogP contribution in [0.1, 0.15) is 26.7 Å². The van der Waals surface area contributed by atoms with Crippen LogP contribution in [0.3, 0.4) is 0 Å². The molecular weight excluding hydrogens is 246 g/mol. The highest BCUT2D eigenvalue weighted by molar-refractivity contribution is 5.81. The zero-order valence-electron chi connectivity index (χ0n) is 11.8. The van der Waals surface area contributed by atoms with E-state index in [1.807, 2.05) is 13.8 Å². The van der Waals surface area contributed by atoms with Gasteiger partial charge in [-0.25, -0.2) is 4.79 Å². The number of amides is 2. The number of likely N-dealkylation sites (tertiary alicyclic amines) is 1. The first kappa shape index (κ1) is 15.6. The molecule has 0 bridgehead atoms. The Labute approximate surface area is 114 Å². The van der Waals surface area contributed by atoms with Gasteiger partial charge in [-0.2, -0.15) is 0 Å². The number of amidine groups is 1. The summed E-state index contributed by atoms with van der Waals surface area (Å²) in [6, 6.07) is 0.233. The third-order valence-corrected chi connectivity index (χ3v) is 3.48. The van der Waals surface area contributed by atoms with Crippen molar-refractivity contribution in [2.24, 2.45) is 10.9 Å². The number of oxime groups is 1. The Morgan fingerprint density at radius 3 is 2.47 bits per heavy atom. The number of hydrogen-bond acceptors (Lipinski definition) is 4. The van der Waals surface area contributed by atoms with E-state index in [-0.39, 0.29) is 17.9 Å². The van der Waals surface area contributed by atoms with Gasteiger partial charge in [-0.15, -0.1) is 0 Å². The molecule has 0 saturated carbocycles. The SMILES string of the molecule is CCN(CC)C(=O)NC1CCN(CC(N)=NO)CC1. The Morgan fingerprint density at radius 2 is 2.00 bits per heavy atom. The van der Waals surface area contributed by atoms with Gasteiger partial charge < -0.3 is 21.2 Å². The largest absolute Gasteiger partial charge is 0.409 e. The Balaban J connectivity index is 2.32. The molecule has 7 nitrogen and oxygen atoms in total. The van der Waals surface area contributed by atoms with Gasteiger partial charge in [0, 0.05) is 32.2 Å². The molecule has 110 valence electrons. The summed E-state index contributed by atoms with van der Waals surface area (Å²) in [5.74, 6) is 0.227. The van der Waals surface area contributed by atoms with Crippen molar-refractivity contribution in [2.75, 3.05) is 32.7 Å². The normalized spacial score (nSPS) is 18.3. The second-order valence-corrected chi connectivity index (χ2v) is 4.76. The lowest BCUT2D eigenvalue weighted by atomic mass is 10.1. The molecule has 1 saturated heterocycles. The van der Waals surface area contributed by atoms with Gasteiger partial charge in [0.1, 0.15) is 0 Å². The van der Waals surface area contributed by atoms with Crippen molar-refractivity contribution >= 4 is 11.9 Å². The number of nitrogens with two attached hydrogens (primary N) is 1. The van der Waals surface area contributed by atoms with E-state index in [2.05, 4.69) is 15.4 Å². The molecule has 0 aliphatic carbocycles. The number of nitrogens with zero attached hydrogens (tertiary/aromatic N) is 3. The fourth-order valence-corrected chi connectivity index (χ4v) is 2.27. The van der Waals surface area contributed by atoms with Crippen LogP contribution in [0.2, 0.25) is 0 Å². The van der Waals surface area contributed by atoms with E-state index < -0.39 is 0 Å². The van der Waals surface area contributed by atoms with E-state index in [0.29, 0.717) is 6.54 Å². The van der Waals surface area contributed by atoms with Crippen LogP contribution < -0.4 is 11.1 Å². The lowest BCUT2D eigenvalue weighted by molar-refractivity contribution is 0.181. The van der Waals surface area contributed by atoms with Crippen LogP contribution in [-0.4, -0.2) is 65.6 Å². The van der Waals surface area contributed by atoms with Gasteiger partial charge >= 0.3 is 6.03 Å². The van der Waals surface area contributed by atoms with Crippen molar-refractivity contribution in [1.82, 2.24) is 15.1 Å². The molecule has 0 aromatic rings. The number of piperidine rings is 1. The number of carbonyl (C=O) groups excluding carboxylic acids is 1. The Kier molecular flexibility index (Phi) is 6.41. The minimum absolute atomic E-state index is 0.0138. The average Bonchev–Trinajstić information content (AvgIpc) is 2.42. The molecule has 0 aromatic carbocycles. The van der Waals surface area contributed by atoms with E-state index in [4.69, 9.17) is 10.9 Å². The van der Waals surface area contributed by atoms with Crippen LogP contribution in [-0.2, 0) is 0 Å². The first-order chi connectivity index (χ1) is 9.10. The quantitative estimate of drug-likeness (QED) is 0.289. The Morgan fingerprint density at radius 1 is 1.42 bits per heavy atom. The summed E-state index contributed by atoms with van der Waals surface area (Å²) in [6.07, 6.45) is 1.79. The zero-order chi connectivity index (χ0) is 14.3. The van der Waals surface area contributed by atoms with Gasteiger partial charge in [0.05, 0.1) is 6.54 Å². The van der Waals surface area contributed by atoms with Gasteiger partial charge in [-0.1, -0.05) is 5.16 Å². The predicted octanol–water partition coefficient (Wildman–Crippen LogP) is 0.249. The highest BCUT2D eigenvalue weighted by atomic mass is 16.4. The molecule has 0 unspecified atom stereocenters. The van der Waals surface area contributed by atoms with Crippen molar-refractivity contribution in [1.29, 1.82) is 0 Å². The summed E-state index contributed by atoms with van der Waals surface area (Å²) >= 11 is 0. The molecule has 0 spiro atoms. The van der Waals surface area contributed by atoms with Crippen LogP contribution in [0.25, 0.3) is 0 Å². The van der Waals surface area contributed by atoms with Gasteiger partial charge in [0.2, 0.25) is 0 Å². The molecule has 7 heteroatoms. The smallest absolute Gasteiger partial charge is 0.317 e. The van der Waals surface area contributed by atoms with Gasteiger partial charge in [0.25, 0.3) is 0 Å². The van der Waals surface area contributed by atoms with Crippen LogP contribution in [0.5, 0.6) is 0 Å². The number of urea groups is 1. The lowest BCUT2D eigenvalue weighted by Gasteiger charge is -2.33. The van der Waals surface area contributed by atoms with E-state index in [0.717, 1.165) is 39.0 Å². The summed E-state index contributed by atoms with van der Waals surface area (Å²) in [5.41, 5.74) is 5.48.